The van der Waals surface area contributed by atoms with Crippen LogP contribution in [0.15, 0.2) is 60.0 Å². The maximum atomic E-state index is 12.3. The number of aromatic nitrogens is 1. The van der Waals surface area contributed by atoms with Gasteiger partial charge >= 0.3 is 0 Å². The summed E-state index contributed by atoms with van der Waals surface area (Å²) in [5, 5.41) is 8.42. The summed E-state index contributed by atoms with van der Waals surface area (Å²) in [4.78, 5) is 28.2. The van der Waals surface area contributed by atoms with Crippen LogP contribution in [0.3, 0.4) is 0 Å². The Kier molecular flexibility index (Phi) is 8.39. The SMILES string of the molecule is CCNC(=O)COc1ccc(NC(=O)/C=C/c2ccccc2OCc2csc(C)n2)cc1. The van der Waals surface area contributed by atoms with Crippen LogP contribution in [0.4, 0.5) is 5.69 Å². The Labute approximate surface area is 191 Å². The third-order valence-electron chi connectivity index (χ3n) is 4.24. The Hall–Kier alpha value is -3.65. The molecule has 2 aromatic carbocycles. The molecular weight excluding hydrogens is 426 g/mol. The van der Waals surface area contributed by atoms with E-state index in [2.05, 4.69) is 15.6 Å². The molecule has 0 fully saturated rings. The molecule has 0 aliphatic rings. The summed E-state index contributed by atoms with van der Waals surface area (Å²) < 4.78 is 11.3. The van der Waals surface area contributed by atoms with Gasteiger partial charge in [-0.05, 0) is 50.3 Å². The number of nitrogens with zero attached hydrogens (tertiary/aromatic N) is 1. The lowest BCUT2D eigenvalue weighted by atomic mass is 10.2. The Morgan fingerprint density at radius 1 is 1.09 bits per heavy atom. The summed E-state index contributed by atoms with van der Waals surface area (Å²) >= 11 is 1.58. The van der Waals surface area contributed by atoms with Crippen molar-refractivity contribution in [1.82, 2.24) is 10.3 Å². The highest BCUT2D eigenvalue weighted by atomic mass is 32.1. The minimum Gasteiger partial charge on any atom is -0.487 e. The number of thiazole rings is 1. The van der Waals surface area contributed by atoms with Crippen LogP contribution in [0.1, 0.15) is 23.2 Å². The van der Waals surface area contributed by atoms with Gasteiger partial charge in [-0.1, -0.05) is 18.2 Å². The number of amides is 2. The molecule has 1 heterocycles. The molecule has 1 aromatic heterocycles. The Morgan fingerprint density at radius 2 is 1.88 bits per heavy atom. The van der Waals surface area contributed by atoms with Gasteiger partial charge in [-0.15, -0.1) is 11.3 Å². The van der Waals surface area contributed by atoms with Gasteiger partial charge in [-0.3, -0.25) is 9.59 Å². The van der Waals surface area contributed by atoms with Gasteiger partial charge in [0.25, 0.3) is 5.91 Å². The van der Waals surface area contributed by atoms with Gasteiger partial charge in [0, 0.05) is 29.3 Å². The van der Waals surface area contributed by atoms with E-state index in [1.807, 2.05) is 43.5 Å². The first-order valence-corrected chi connectivity index (χ1v) is 11.0. The first kappa shape index (κ1) is 23.0. The molecule has 32 heavy (non-hydrogen) atoms. The van der Waals surface area contributed by atoms with Crippen molar-refractivity contribution in [2.24, 2.45) is 0 Å². The number of carbonyl (C=O) groups is 2. The predicted molar refractivity (Wildman–Crippen MR) is 126 cm³/mol. The molecule has 8 heteroatoms. The highest BCUT2D eigenvalue weighted by Gasteiger charge is 2.05. The molecule has 166 valence electrons. The van der Waals surface area contributed by atoms with Crippen LogP contribution in [0.25, 0.3) is 6.08 Å². The third kappa shape index (κ3) is 7.24. The molecule has 0 radical (unpaired) electrons. The molecule has 0 saturated heterocycles. The van der Waals surface area contributed by atoms with Crippen molar-refractivity contribution in [3.05, 3.63) is 76.3 Å². The first-order chi connectivity index (χ1) is 15.5. The van der Waals surface area contributed by atoms with Gasteiger partial charge in [0.05, 0.1) is 10.7 Å². The predicted octanol–water partition coefficient (Wildman–Crippen LogP) is 4.20. The average molecular weight is 452 g/mol. The fourth-order valence-corrected chi connectivity index (χ4v) is 3.35. The summed E-state index contributed by atoms with van der Waals surface area (Å²) in [6.45, 7) is 4.68. The maximum Gasteiger partial charge on any atom is 0.257 e. The van der Waals surface area contributed by atoms with E-state index in [-0.39, 0.29) is 18.4 Å². The molecule has 0 bridgehead atoms. The fraction of sp³-hybridized carbons (Fsp3) is 0.208. The minimum atomic E-state index is -0.272. The molecule has 0 atom stereocenters. The second-order valence-corrected chi connectivity index (χ2v) is 7.84. The standard InChI is InChI=1S/C24H25N3O4S/c1-3-25-24(29)15-30-21-11-9-19(10-12-21)27-23(28)13-8-18-6-4-5-7-22(18)31-14-20-16-32-17(2)26-20/h4-13,16H,3,14-15H2,1-2H3,(H,25,29)(H,27,28)/b13-8+. The molecule has 2 amide bonds. The number of anilines is 1. The number of rotatable bonds is 10. The molecule has 3 rings (SSSR count). The second kappa shape index (κ2) is 11.7. The van der Waals surface area contributed by atoms with Gasteiger partial charge < -0.3 is 20.1 Å². The van der Waals surface area contributed by atoms with Crippen LogP contribution >= 0.6 is 11.3 Å². The lowest BCUT2D eigenvalue weighted by Crippen LogP contribution is -2.28. The van der Waals surface area contributed by atoms with E-state index >= 15 is 0 Å². The Balaban J connectivity index is 1.53. The summed E-state index contributed by atoms with van der Waals surface area (Å²) in [6, 6.07) is 14.3. The topological polar surface area (TPSA) is 89.6 Å². The molecule has 0 unspecified atom stereocenters. The summed E-state index contributed by atoms with van der Waals surface area (Å²) in [5.41, 5.74) is 2.29. The zero-order valence-electron chi connectivity index (χ0n) is 18.0. The van der Waals surface area contributed by atoms with E-state index in [1.165, 1.54) is 6.08 Å². The van der Waals surface area contributed by atoms with Crippen molar-refractivity contribution >= 4 is 34.9 Å². The quantitative estimate of drug-likeness (QED) is 0.451. The molecule has 2 N–H and O–H groups in total. The van der Waals surface area contributed by atoms with Gasteiger partial charge in [0.2, 0.25) is 5.91 Å². The number of hydrogen-bond acceptors (Lipinski definition) is 6. The Bertz CT molecular complexity index is 1080. The molecule has 0 spiro atoms. The van der Waals surface area contributed by atoms with E-state index in [9.17, 15) is 9.59 Å². The number of para-hydroxylation sites is 1. The third-order valence-corrected chi connectivity index (χ3v) is 5.06. The lowest BCUT2D eigenvalue weighted by Gasteiger charge is -2.08. The van der Waals surface area contributed by atoms with Crippen molar-refractivity contribution in [2.75, 3.05) is 18.5 Å². The van der Waals surface area contributed by atoms with Crippen molar-refractivity contribution in [3.63, 3.8) is 0 Å². The number of aryl methyl sites for hydroxylation is 1. The van der Waals surface area contributed by atoms with Crippen LogP contribution < -0.4 is 20.1 Å². The van der Waals surface area contributed by atoms with Crippen LogP contribution in [-0.2, 0) is 16.2 Å². The van der Waals surface area contributed by atoms with E-state index in [0.29, 0.717) is 30.3 Å². The minimum absolute atomic E-state index is 0.0498. The number of ether oxygens (including phenoxy) is 2. The lowest BCUT2D eigenvalue weighted by molar-refractivity contribution is -0.123. The molecule has 7 nitrogen and oxygen atoms in total. The highest BCUT2D eigenvalue weighted by Crippen LogP contribution is 2.21. The zero-order valence-corrected chi connectivity index (χ0v) is 18.8. The molecule has 0 saturated carbocycles. The van der Waals surface area contributed by atoms with Crippen LogP contribution in [0, 0.1) is 6.92 Å². The van der Waals surface area contributed by atoms with Gasteiger partial charge in [-0.2, -0.15) is 0 Å². The van der Waals surface area contributed by atoms with Crippen LogP contribution in [-0.4, -0.2) is 29.9 Å². The molecule has 0 aliphatic heterocycles. The smallest absolute Gasteiger partial charge is 0.257 e. The van der Waals surface area contributed by atoms with Crippen LogP contribution in [0.5, 0.6) is 11.5 Å². The molecular formula is C24H25N3O4S. The van der Waals surface area contributed by atoms with Crippen molar-refractivity contribution in [3.8, 4) is 11.5 Å². The number of hydrogen-bond donors (Lipinski definition) is 2. The average Bonchev–Trinajstić information content (AvgIpc) is 3.21. The normalized spacial score (nSPS) is 10.7. The van der Waals surface area contributed by atoms with Gasteiger partial charge in [0.1, 0.15) is 18.1 Å². The highest BCUT2D eigenvalue weighted by molar-refractivity contribution is 7.09. The van der Waals surface area contributed by atoms with E-state index in [1.54, 1.807) is 41.7 Å². The van der Waals surface area contributed by atoms with E-state index in [0.717, 1.165) is 16.3 Å². The van der Waals surface area contributed by atoms with Crippen LogP contribution in [0.2, 0.25) is 0 Å². The second-order valence-electron chi connectivity index (χ2n) is 6.77. The first-order valence-electron chi connectivity index (χ1n) is 10.1. The number of nitrogens with one attached hydrogen (secondary N) is 2. The fourth-order valence-electron chi connectivity index (χ4n) is 2.76. The van der Waals surface area contributed by atoms with E-state index < -0.39 is 0 Å². The zero-order chi connectivity index (χ0) is 22.8. The van der Waals surface area contributed by atoms with Gasteiger partial charge in [-0.25, -0.2) is 4.98 Å². The summed E-state index contributed by atoms with van der Waals surface area (Å²) in [5.74, 6) is 0.772. The maximum absolute atomic E-state index is 12.3. The monoisotopic (exact) mass is 451 g/mol. The largest absolute Gasteiger partial charge is 0.487 e. The summed E-state index contributed by atoms with van der Waals surface area (Å²) in [6.07, 6.45) is 3.16. The van der Waals surface area contributed by atoms with Crippen molar-refractivity contribution < 1.29 is 19.1 Å². The van der Waals surface area contributed by atoms with Crippen molar-refractivity contribution in [2.45, 2.75) is 20.5 Å². The van der Waals surface area contributed by atoms with E-state index in [4.69, 9.17) is 9.47 Å². The van der Waals surface area contributed by atoms with Gasteiger partial charge in [0.15, 0.2) is 6.61 Å². The van der Waals surface area contributed by atoms with Crippen molar-refractivity contribution in [1.29, 1.82) is 0 Å². The number of carbonyl (C=O) groups excluding carboxylic acids is 2. The summed E-state index contributed by atoms with van der Waals surface area (Å²) in [7, 11) is 0. The number of likely N-dealkylation sites (N-methyl/N-ethyl adjacent to an activating group) is 1. The number of benzene rings is 2. The molecule has 3 aromatic rings. The Morgan fingerprint density at radius 3 is 2.59 bits per heavy atom. The molecule has 0 aliphatic carbocycles.